The number of halogens is 1. The summed E-state index contributed by atoms with van der Waals surface area (Å²) in [5.74, 6) is -0.857. The molecule has 138 valence electrons. The van der Waals surface area contributed by atoms with Crippen LogP contribution in [0.3, 0.4) is 0 Å². The number of hydrogen-bond donors (Lipinski definition) is 2. The molecule has 0 atom stereocenters. The average Bonchev–Trinajstić information content (AvgIpc) is 3.15. The van der Waals surface area contributed by atoms with Gasteiger partial charge in [-0.2, -0.15) is 15.6 Å². The number of benzene rings is 1. The van der Waals surface area contributed by atoms with Crippen molar-refractivity contribution in [2.75, 3.05) is 11.9 Å². The lowest BCUT2D eigenvalue weighted by Gasteiger charge is -2.07. The van der Waals surface area contributed by atoms with Gasteiger partial charge in [0, 0.05) is 17.3 Å². The second-order valence-electron chi connectivity index (χ2n) is 5.52. The van der Waals surface area contributed by atoms with Crippen molar-refractivity contribution in [1.82, 2.24) is 25.1 Å². The van der Waals surface area contributed by atoms with Gasteiger partial charge in [-0.25, -0.2) is 14.4 Å². The lowest BCUT2D eigenvalue weighted by atomic mass is 10.1. The fourth-order valence-electron chi connectivity index (χ4n) is 2.35. The van der Waals surface area contributed by atoms with Gasteiger partial charge in [0.15, 0.2) is 5.82 Å². The van der Waals surface area contributed by atoms with Crippen LogP contribution in [0.1, 0.15) is 10.4 Å². The van der Waals surface area contributed by atoms with Crippen molar-refractivity contribution in [3.8, 4) is 23.4 Å². The number of nitriles is 2. The van der Waals surface area contributed by atoms with Crippen LogP contribution in [0.2, 0.25) is 0 Å². The maximum Gasteiger partial charge on any atom is 0.252 e. The number of amides is 1. The van der Waals surface area contributed by atoms with Gasteiger partial charge in [-0.05, 0) is 12.1 Å². The molecule has 3 aromatic rings. The largest absolute Gasteiger partial charge is 0.339 e. The van der Waals surface area contributed by atoms with Gasteiger partial charge in [-0.3, -0.25) is 9.48 Å². The Morgan fingerprint density at radius 3 is 2.68 bits per heavy atom. The van der Waals surface area contributed by atoms with Crippen molar-refractivity contribution >= 4 is 17.5 Å². The summed E-state index contributed by atoms with van der Waals surface area (Å²) in [4.78, 5) is 19.9. The molecule has 0 spiro atoms. The Bertz CT molecular complexity index is 1080. The molecule has 10 heteroatoms. The first-order chi connectivity index (χ1) is 13.6. The zero-order valence-corrected chi connectivity index (χ0v) is 14.4. The maximum absolute atomic E-state index is 14.2. The number of hydrogen-bond acceptors (Lipinski definition) is 7. The highest BCUT2D eigenvalue weighted by Gasteiger charge is 2.12. The zero-order valence-electron chi connectivity index (χ0n) is 14.4. The average molecular weight is 376 g/mol. The molecule has 0 radical (unpaired) electrons. The minimum atomic E-state index is -0.618. The number of nitrogens with zero attached hydrogens (tertiary/aromatic N) is 6. The van der Waals surface area contributed by atoms with Crippen LogP contribution in [0.25, 0.3) is 11.3 Å². The highest BCUT2D eigenvalue weighted by atomic mass is 19.1. The second-order valence-corrected chi connectivity index (χ2v) is 5.52. The SMILES string of the molecule is N#CCNC(=O)c1ccc(-c2nc(Nc3cnn(CC#N)c3)ncc2F)cc1. The van der Waals surface area contributed by atoms with E-state index in [2.05, 4.69) is 25.7 Å². The van der Waals surface area contributed by atoms with Crippen LogP contribution in [-0.2, 0) is 6.54 Å². The summed E-state index contributed by atoms with van der Waals surface area (Å²) < 4.78 is 15.6. The van der Waals surface area contributed by atoms with E-state index >= 15 is 0 Å². The molecule has 1 amide bonds. The summed E-state index contributed by atoms with van der Waals surface area (Å²) in [6.07, 6.45) is 4.14. The Morgan fingerprint density at radius 2 is 1.96 bits per heavy atom. The predicted octanol–water partition coefficient (Wildman–Crippen LogP) is 2.00. The summed E-state index contributed by atoms with van der Waals surface area (Å²) >= 11 is 0. The molecule has 0 fully saturated rings. The van der Waals surface area contributed by atoms with E-state index in [1.807, 2.05) is 12.1 Å². The predicted molar refractivity (Wildman–Crippen MR) is 96.5 cm³/mol. The molecule has 9 nitrogen and oxygen atoms in total. The monoisotopic (exact) mass is 376 g/mol. The van der Waals surface area contributed by atoms with Gasteiger partial charge >= 0.3 is 0 Å². The molecule has 28 heavy (non-hydrogen) atoms. The van der Waals surface area contributed by atoms with E-state index < -0.39 is 11.7 Å². The summed E-state index contributed by atoms with van der Waals surface area (Å²) in [6, 6.07) is 9.94. The normalized spacial score (nSPS) is 9.96. The van der Waals surface area contributed by atoms with Crippen molar-refractivity contribution in [3.63, 3.8) is 0 Å². The van der Waals surface area contributed by atoms with Gasteiger partial charge in [-0.15, -0.1) is 0 Å². The van der Waals surface area contributed by atoms with E-state index in [-0.39, 0.29) is 24.7 Å². The molecule has 2 aromatic heterocycles. The molecular formula is C18H13FN8O. The van der Waals surface area contributed by atoms with Crippen LogP contribution in [0.5, 0.6) is 0 Å². The van der Waals surface area contributed by atoms with E-state index in [9.17, 15) is 9.18 Å². The summed E-state index contributed by atoms with van der Waals surface area (Å²) in [7, 11) is 0. The van der Waals surface area contributed by atoms with Gasteiger partial charge in [0.2, 0.25) is 5.95 Å². The van der Waals surface area contributed by atoms with Crippen LogP contribution in [-0.4, -0.2) is 32.2 Å². The highest BCUT2D eigenvalue weighted by Crippen LogP contribution is 2.23. The van der Waals surface area contributed by atoms with Crippen molar-refractivity contribution in [3.05, 3.63) is 54.2 Å². The molecule has 0 saturated heterocycles. The quantitative estimate of drug-likeness (QED) is 0.629. The lowest BCUT2D eigenvalue weighted by molar-refractivity contribution is 0.0958. The Kier molecular flexibility index (Phi) is 5.53. The first-order valence-corrected chi connectivity index (χ1v) is 8.05. The minimum Gasteiger partial charge on any atom is -0.339 e. The van der Waals surface area contributed by atoms with Crippen LogP contribution in [0.4, 0.5) is 16.0 Å². The Labute approximate surface area is 159 Å². The topological polar surface area (TPSA) is 132 Å². The second kappa shape index (κ2) is 8.38. The Hall–Kier alpha value is -4.31. The molecule has 0 saturated carbocycles. The van der Waals surface area contributed by atoms with Gasteiger partial charge in [0.1, 0.15) is 18.8 Å². The third-order valence-electron chi connectivity index (χ3n) is 3.61. The van der Waals surface area contributed by atoms with Crippen LogP contribution in [0, 0.1) is 28.5 Å². The van der Waals surface area contributed by atoms with Crippen molar-refractivity contribution in [2.24, 2.45) is 0 Å². The smallest absolute Gasteiger partial charge is 0.252 e. The van der Waals surface area contributed by atoms with Crippen LogP contribution < -0.4 is 10.6 Å². The first kappa shape index (κ1) is 18.5. The Morgan fingerprint density at radius 1 is 1.18 bits per heavy atom. The molecule has 0 aliphatic heterocycles. The number of rotatable bonds is 6. The molecule has 1 aromatic carbocycles. The van der Waals surface area contributed by atoms with Crippen molar-refractivity contribution in [2.45, 2.75) is 6.54 Å². The third kappa shape index (κ3) is 4.26. The number of aromatic nitrogens is 4. The van der Waals surface area contributed by atoms with Crippen LogP contribution in [0.15, 0.2) is 42.9 Å². The fraction of sp³-hybridized carbons (Fsp3) is 0.111. The number of nitrogens with one attached hydrogen (secondary N) is 2. The molecule has 0 aliphatic rings. The summed E-state index contributed by atoms with van der Waals surface area (Å²) in [5, 5.41) is 26.5. The summed E-state index contributed by atoms with van der Waals surface area (Å²) in [6.45, 7) is 0.00655. The van der Waals surface area contributed by atoms with E-state index in [1.54, 1.807) is 18.3 Å². The maximum atomic E-state index is 14.2. The number of carbonyl (C=O) groups excluding carboxylic acids is 1. The van der Waals surface area contributed by atoms with Gasteiger partial charge in [0.25, 0.3) is 5.91 Å². The number of carbonyl (C=O) groups is 1. The van der Waals surface area contributed by atoms with Crippen molar-refractivity contribution in [1.29, 1.82) is 10.5 Å². The molecule has 3 rings (SSSR count). The molecule has 2 N–H and O–H groups in total. The molecule has 0 bridgehead atoms. The van der Waals surface area contributed by atoms with E-state index in [4.69, 9.17) is 10.5 Å². The van der Waals surface area contributed by atoms with Gasteiger partial charge in [0.05, 0.1) is 30.2 Å². The molecular weight excluding hydrogens is 363 g/mol. The van der Waals surface area contributed by atoms with Gasteiger partial charge < -0.3 is 10.6 Å². The standard InChI is InChI=1S/C18H13FN8O/c19-15-10-23-18(25-14-9-24-27(11-14)8-6-21)26-16(15)12-1-3-13(4-2-12)17(28)22-7-5-20/h1-4,9-11H,7-8H2,(H,22,28)(H,23,25,26). The zero-order chi connectivity index (χ0) is 19.9. The van der Waals surface area contributed by atoms with Gasteiger partial charge in [-0.1, -0.05) is 12.1 Å². The first-order valence-electron chi connectivity index (χ1n) is 8.05. The van der Waals surface area contributed by atoms with E-state index in [1.165, 1.54) is 23.0 Å². The Balaban J connectivity index is 1.80. The summed E-state index contributed by atoms with van der Waals surface area (Å²) in [5.41, 5.74) is 1.42. The van der Waals surface area contributed by atoms with Crippen molar-refractivity contribution < 1.29 is 9.18 Å². The molecule has 2 heterocycles. The van der Waals surface area contributed by atoms with Crippen LogP contribution >= 0.6 is 0 Å². The van der Waals surface area contributed by atoms with E-state index in [0.717, 1.165) is 6.20 Å². The molecule has 0 unspecified atom stereocenters. The number of anilines is 2. The fourth-order valence-corrected chi connectivity index (χ4v) is 2.35. The lowest BCUT2D eigenvalue weighted by Crippen LogP contribution is -2.23. The third-order valence-corrected chi connectivity index (χ3v) is 3.61. The minimum absolute atomic E-state index is 0.0610. The highest BCUT2D eigenvalue weighted by molar-refractivity contribution is 5.94. The van der Waals surface area contributed by atoms with E-state index in [0.29, 0.717) is 16.8 Å². The molecule has 0 aliphatic carbocycles.